The quantitative estimate of drug-likeness (QED) is 0.746. The van der Waals surface area contributed by atoms with E-state index in [4.69, 9.17) is 9.84 Å². The molecular weight excluding hydrogens is 286 g/mol. The average Bonchev–Trinajstić information content (AvgIpc) is 2.36. The normalized spacial score (nSPS) is 14.0. The summed E-state index contributed by atoms with van der Waals surface area (Å²) in [5.41, 5.74) is 0.215. The SMILES string of the molecule is CC(C)(C)OC(=O)NC(Cc1ccccc1)C(O)CC(=O)O. The van der Waals surface area contributed by atoms with Gasteiger partial charge < -0.3 is 20.3 Å². The van der Waals surface area contributed by atoms with E-state index in [1.54, 1.807) is 20.8 Å². The van der Waals surface area contributed by atoms with Gasteiger partial charge in [0.1, 0.15) is 5.60 Å². The van der Waals surface area contributed by atoms with Crippen LogP contribution in [0.1, 0.15) is 32.8 Å². The van der Waals surface area contributed by atoms with Crippen molar-refractivity contribution < 1.29 is 24.5 Å². The zero-order valence-corrected chi connectivity index (χ0v) is 13.1. The van der Waals surface area contributed by atoms with Gasteiger partial charge in [0.2, 0.25) is 0 Å². The number of aliphatic hydroxyl groups excluding tert-OH is 1. The first-order valence-corrected chi connectivity index (χ1v) is 7.10. The van der Waals surface area contributed by atoms with Gasteiger partial charge in [-0.05, 0) is 32.8 Å². The van der Waals surface area contributed by atoms with E-state index in [2.05, 4.69) is 5.32 Å². The molecule has 1 aromatic carbocycles. The molecule has 6 heteroatoms. The van der Waals surface area contributed by atoms with Gasteiger partial charge in [0.15, 0.2) is 0 Å². The Kier molecular flexibility index (Phi) is 6.37. The summed E-state index contributed by atoms with van der Waals surface area (Å²) in [5, 5.41) is 21.4. The number of carboxylic acids is 1. The number of aliphatic hydroxyl groups is 1. The van der Waals surface area contributed by atoms with Crippen LogP contribution >= 0.6 is 0 Å². The highest BCUT2D eigenvalue weighted by atomic mass is 16.6. The molecule has 1 amide bonds. The molecule has 3 N–H and O–H groups in total. The van der Waals surface area contributed by atoms with Crippen LogP contribution < -0.4 is 5.32 Å². The van der Waals surface area contributed by atoms with E-state index in [1.165, 1.54) is 0 Å². The van der Waals surface area contributed by atoms with Gasteiger partial charge in [-0.1, -0.05) is 30.3 Å². The van der Waals surface area contributed by atoms with Crippen molar-refractivity contribution in [2.45, 2.75) is 51.4 Å². The topological polar surface area (TPSA) is 95.9 Å². The van der Waals surface area contributed by atoms with E-state index >= 15 is 0 Å². The number of rotatable bonds is 6. The number of alkyl carbamates (subject to hydrolysis) is 1. The predicted octanol–water partition coefficient (Wildman–Crippen LogP) is 1.96. The molecule has 1 rings (SSSR count). The summed E-state index contributed by atoms with van der Waals surface area (Å²) in [6, 6.07) is 8.47. The van der Waals surface area contributed by atoms with Crippen molar-refractivity contribution >= 4 is 12.1 Å². The number of benzene rings is 1. The number of carboxylic acid groups (broad SMARTS) is 1. The fourth-order valence-corrected chi connectivity index (χ4v) is 1.93. The summed E-state index contributed by atoms with van der Waals surface area (Å²) in [6.45, 7) is 5.19. The van der Waals surface area contributed by atoms with Crippen molar-refractivity contribution in [3.8, 4) is 0 Å². The summed E-state index contributed by atoms with van der Waals surface area (Å²) in [5.74, 6) is -1.13. The predicted molar refractivity (Wildman–Crippen MR) is 81.6 cm³/mol. The van der Waals surface area contributed by atoms with E-state index in [1.807, 2.05) is 30.3 Å². The standard InChI is InChI=1S/C16H23NO5/c1-16(2,3)22-15(21)17-12(13(18)10-14(19)20)9-11-7-5-4-6-8-11/h4-8,12-13,18H,9-10H2,1-3H3,(H,17,21)(H,19,20). The number of ether oxygens (including phenoxy) is 1. The Bertz CT molecular complexity index is 495. The summed E-state index contributed by atoms with van der Waals surface area (Å²) < 4.78 is 5.15. The van der Waals surface area contributed by atoms with Crippen LogP contribution in [0, 0.1) is 0 Å². The third-order valence-electron chi connectivity index (χ3n) is 2.85. The first kappa shape index (κ1) is 18.0. The maximum absolute atomic E-state index is 11.9. The zero-order valence-electron chi connectivity index (χ0n) is 13.1. The lowest BCUT2D eigenvalue weighted by atomic mass is 9.99. The van der Waals surface area contributed by atoms with Gasteiger partial charge in [0, 0.05) is 0 Å². The molecule has 0 aromatic heterocycles. The third-order valence-corrected chi connectivity index (χ3v) is 2.85. The molecule has 0 aliphatic heterocycles. The van der Waals surface area contributed by atoms with E-state index in [9.17, 15) is 14.7 Å². The van der Waals surface area contributed by atoms with Gasteiger partial charge in [-0.2, -0.15) is 0 Å². The van der Waals surface area contributed by atoms with Gasteiger partial charge >= 0.3 is 12.1 Å². The fourth-order valence-electron chi connectivity index (χ4n) is 1.93. The van der Waals surface area contributed by atoms with Crippen molar-refractivity contribution in [3.05, 3.63) is 35.9 Å². The molecule has 0 fully saturated rings. The second kappa shape index (κ2) is 7.79. The summed E-state index contributed by atoms with van der Waals surface area (Å²) in [4.78, 5) is 22.6. The minimum Gasteiger partial charge on any atom is -0.481 e. The smallest absolute Gasteiger partial charge is 0.407 e. The Morgan fingerprint density at radius 2 is 1.82 bits per heavy atom. The molecule has 0 bridgehead atoms. The molecule has 0 aliphatic rings. The molecular formula is C16H23NO5. The molecule has 0 saturated heterocycles. The lowest BCUT2D eigenvalue weighted by Crippen LogP contribution is -2.47. The second-order valence-electron chi connectivity index (χ2n) is 6.11. The first-order chi connectivity index (χ1) is 10.2. The number of hydrogen-bond acceptors (Lipinski definition) is 4. The third kappa shape index (κ3) is 7.08. The van der Waals surface area contributed by atoms with Crippen molar-refractivity contribution in [3.63, 3.8) is 0 Å². The number of amides is 1. The number of carbonyl (C=O) groups is 2. The molecule has 122 valence electrons. The highest BCUT2D eigenvalue weighted by Crippen LogP contribution is 2.11. The van der Waals surface area contributed by atoms with Crippen molar-refractivity contribution in [2.24, 2.45) is 0 Å². The molecule has 0 aliphatic carbocycles. The summed E-state index contributed by atoms with van der Waals surface area (Å²) in [7, 11) is 0. The van der Waals surface area contributed by atoms with Crippen LogP contribution in [0.25, 0.3) is 0 Å². The Labute approximate surface area is 130 Å². The molecule has 0 spiro atoms. The van der Waals surface area contributed by atoms with Crippen LogP contribution in [-0.2, 0) is 16.0 Å². The Hall–Kier alpha value is -2.08. The van der Waals surface area contributed by atoms with Gasteiger partial charge in [-0.3, -0.25) is 4.79 Å². The van der Waals surface area contributed by atoms with E-state index in [0.717, 1.165) is 5.56 Å². The number of carbonyl (C=O) groups excluding carboxylic acids is 1. The van der Waals surface area contributed by atoms with Crippen molar-refractivity contribution in [2.75, 3.05) is 0 Å². The molecule has 6 nitrogen and oxygen atoms in total. The van der Waals surface area contributed by atoms with Crippen molar-refractivity contribution in [1.29, 1.82) is 0 Å². The van der Waals surface area contributed by atoms with Gasteiger partial charge in [-0.15, -0.1) is 0 Å². The highest BCUT2D eigenvalue weighted by molar-refractivity contribution is 5.69. The van der Waals surface area contributed by atoms with Crippen LogP contribution in [0.15, 0.2) is 30.3 Å². The lowest BCUT2D eigenvalue weighted by Gasteiger charge is -2.26. The lowest BCUT2D eigenvalue weighted by molar-refractivity contribution is -0.139. The molecule has 2 atom stereocenters. The Morgan fingerprint density at radius 1 is 1.23 bits per heavy atom. The Morgan fingerprint density at radius 3 is 2.32 bits per heavy atom. The maximum atomic E-state index is 11.9. The largest absolute Gasteiger partial charge is 0.481 e. The maximum Gasteiger partial charge on any atom is 0.407 e. The first-order valence-electron chi connectivity index (χ1n) is 7.10. The van der Waals surface area contributed by atoms with Gasteiger partial charge in [0.25, 0.3) is 0 Å². The number of nitrogens with one attached hydrogen (secondary N) is 1. The van der Waals surface area contributed by atoms with Crippen LogP contribution in [0.5, 0.6) is 0 Å². The highest BCUT2D eigenvalue weighted by Gasteiger charge is 2.26. The van der Waals surface area contributed by atoms with Gasteiger partial charge in [0.05, 0.1) is 18.6 Å². The minimum atomic E-state index is -1.20. The van der Waals surface area contributed by atoms with Crippen LogP contribution in [0.2, 0.25) is 0 Å². The van der Waals surface area contributed by atoms with E-state index in [-0.39, 0.29) is 0 Å². The van der Waals surface area contributed by atoms with Crippen LogP contribution in [0.4, 0.5) is 4.79 Å². The molecule has 0 radical (unpaired) electrons. The summed E-state index contributed by atoms with van der Waals surface area (Å²) in [6.07, 6.45) is -2.02. The molecule has 0 saturated carbocycles. The number of aliphatic carboxylic acids is 1. The monoisotopic (exact) mass is 309 g/mol. The molecule has 2 unspecified atom stereocenters. The van der Waals surface area contributed by atoms with E-state index < -0.39 is 36.2 Å². The van der Waals surface area contributed by atoms with Crippen molar-refractivity contribution in [1.82, 2.24) is 5.32 Å². The van der Waals surface area contributed by atoms with Crippen LogP contribution in [0.3, 0.4) is 0 Å². The van der Waals surface area contributed by atoms with Crippen LogP contribution in [-0.4, -0.2) is 40.0 Å². The van der Waals surface area contributed by atoms with E-state index in [0.29, 0.717) is 6.42 Å². The summed E-state index contributed by atoms with van der Waals surface area (Å²) >= 11 is 0. The molecule has 0 heterocycles. The Balaban J connectivity index is 2.77. The fraction of sp³-hybridized carbons (Fsp3) is 0.500. The van der Waals surface area contributed by atoms with Gasteiger partial charge in [-0.25, -0.2) is 4.79 Å². The minimum absolute atomic E-state index is 0.314. The number of hydrogen-bond donors (Lipinski definition) is 3. The second-order valence-corrected chi connectivity index (χ2v) is 6.11. The molecule has 22 heavy (non-hydrogen) atoms. The zero-order chi connectivity index (χ0) is 16.8. The average molecular weight is 309 g/mol. The molecule has 1 aromatic rings.